The molecule has 0 radical (unpaired) electrons. The number of morpholine rings is 1. The van der Waals surface area contributed by atoms with E-state index in [4.69, 9.17) is 4.74 Å². The fourth-order valence-electron chi connectivity index (χ4n) is 1.99. The highest BCUT2D eigenvalue weighted by Gasteiger charge is 2.18. The zero-order valence-corrected chi connectivity index (χ0v) is 9.72. The van der Waals surface area contributed by atoms with Gasteiger partial charge in [0.15, 0.2) is 0 Å². The topological polar surface area (TPSA) is 62.3 Å². The third kappa shape index (κ3) is 2.48. The average molecular weight is 235 g/mol. The minimum absolute atomic E-state index is 0.502. The second-order valence-electron chi connectivity index (χ2n) is 4.36. The SMILES string of the molecule is c1nc(NC2CNC2)cc(N2CCOCC2)n1. The van der Waals surface area contributed by atoms with Gasteiger partial charge in [0.2, 0.25) is 0 Å². The number of nitrogens with zero attached hydrogens (tertiary/aromatic N) is 3. The zero-order valence-electron chi connectivity index (χ0n) is 9.72. The van der Waals surface area contributed by atoms with Crippen LogP contribution in [0.4, 0.5) is 11.6 Å². The highest BCUT2D eigenvalue weighted by molar-refractivity contribution is 5.49. The van der Waals surface area contributed by atoms with Crippen molar-refractivity contribution < 1.29 is 4.74 Å². The Kier molecular flexibility index (Phi) is 3.06. The molecule has 92 valence electrons. The Balaban J connectivity index is 1.68. The lowest BCUT2D eigenvalue weighted by Crippen LogP contribution is -2.51. The number of hydrogen-bond acceptors (Lipinski definition) is 6. The Morgan fingerprint density at radius 3 is 2.82 bits per heavy atom. The summed E-state index contributed by atoms with van der Waals surface area (Å²) in [6, 6.07) is 2.52. The van der Waals surface area contributed by atoms with Crippen LogP contribution in [0.5, 0.6) is 0 Å². The molecule has 6 nitrogen and oxygen atoms in total. The number of aromatic nitrogens is 2. The van der Waals surface area contributed by atoms with Gasteiger partial charge in [-0.1, -0.05) is 0 Å². The minimum Gasteiger partial charge on any atom is -0.378 e. The van der Waals surface area contributed by atoms with Crippen LogP contribution in [0.3, 0.4) is 0 Å². The molecular weight excluding hydrogens is 218 g/mol. The summed E-state index contributed by atoms with van der Waals surface area (Å²) in [4.78, 5) is 10.8. The maximum absolute atomic E-state index is 5.33. The van der Waals surface area contributed by atoms with Crippen molar-refractivity contribution in [1.82, 2.24) is 15.3 Å². The van der Waals surface area contributed by atoms with Gasteiger partial charge in [0.25, 0.3) is 0 Å². The Bertz CT molecular complexity index is 376. The highest BCUT2D eigenvalue weighted by Crippen LogP contribution is 2.16. The first-order valence-corrected chi connectivity index (χ1v) is 6.04. The van der Waals surface area contributed by atoms with Crippen molar-refractivity contribution in [3.8, 4) is 0 Å². The van der Waals surface area contributed by atoms with E-state index in [0.29, 0.717) is 6.04 Å². The maximum atomic E-state index is 5.33. The van der Waals surface area contributed by atoms with Crippen LogP contribution < -0.4 is 15.5 Å². The van der Waals surface area contributed by atoms with Gasteiger partial charge in [0.05, 0.1) is 19.3 Å². The van der Waals surface area contributed by atoms with Crippen molar-refractivity contribution >= 4 is 11.6 Å². The monoisotopic (exact) mass is 235 g/mol. The first kappa shape index (κ1) is 10.7. The standard InChI is InChI=1S/C11H17N5O/c1-3-17-4-2-16(1)11-5-10(13-8-14-11)15-9-6-12-7-9/h5,8-9,12H,1-4,6-7H2,(H,13,14,15). The summed E-state index contributed by atoms with van der Waals surface area (Å²) < 4.78 is 5.33. The Morgan fingerprint density at radius 1 is 1.29 bits per heavy atom. The highest BCUT2D eigenvalue weighted by atomic mass is 16.5. The van der Waals surface area contributed by atoms with Crippen LogP contribution in [0.2, 0.25) is 0 Å². The third-order valence-electron chi connectivity index (χ3n) is 3.12. The van der Waals surface area contributed by atoms with E-state index in [2.05, 4.69) is 25.5 Å². The van der Waals surface area contributed by atoms with Crippen LogP contribution in [0.1, 0.15) is 0 Å². The molecule has 2 fully saturated rings. The number of ether oxygens (including phenoxy) is 1. The van der Waals surface area contributed by atoms with Crippen molar-refractivity contribution in [3.05, 3.63) is 12.4 Å². The molecule has 2 N–H and O–H groups in total. The summed E-state index contributed by atoms with van der Waals surface area (Å²) in [6.07, 6.45) is 1.62. The van der Waals surface area contributed by atoms with E-state index in [9.17, 15) is 0 Å². The second-order valence-corrected chi connectivity index (χ2v) is 4.36. The molecule has 0 aromatic carbocycles. The number of anilines is 2. The van der Waals surface area contributed by atoms with Crippen molar-refractivity contribution in [1.29, 1.82) is 0 Å². The molecule has 2 saturated heterocycles. The maximum Gasteiger partial charge on any atom is 0.134 e. The molecular formula is C11H17N5O. The van der Waals surface area contributed by atoms with Gasteiger partial charge in [-0.3, -0.25) is 0 Å². The summed E-state index contributed by atoms with van der Waals surface area (Å²) >= 11 is 0. The summed E-state index contributed by atoms with van der Waals surface area (Å²) in [6.45, 7) is 5.38. The summed E-state index contributed by atoms with van der Waals surface area (Å²) in [5.74, 6) is 1.89. The van der Waals surface area contributed by atoms with Crippen molar-refractivity contribution in [2.24, 2.45) is 0 Å². The van der Waals surface area contributed by atoms with Gasteiger partial charge in [-0.15, -0.1) is 0 Å². The molecule has 17 heavy (non-hydrogen) atoms. The molecule has 0 spiro atoms. The van der Waals surface area contributed by atoms with E-state index < -0.39 is 0 Å². The number of rotatable bonds is 3. The predicted octanol–water partition coefficient (Wildman–Crippen LogP) is -0.303. The smallest absolute Gasteiger partial charge is 0.134 e. The van der Waals surface area contributed by atoms with Crippen LogP contribution in [-0.4, -0.2) is 55.4 Å². The Morgan fingerprint density at radius 2 is 2.12 bits per heavy atom. The zero-order chi connectivity index (χ0) is 11.5. The third-order valence-corrected chi connectivity index (χ3v) is 3.12. The molecule has 0 saturated carbocycles. The van der Waals surface area contributed by atoms with Gasteiger partial charge < -0.3 is 20.3 Å². The predicted molar refractivity (Wildman–Crippen MR) is 65.3 cm³/mol. The van der Waals surface area contributed by atoms with Crippen molar-refractivity contribution in [2.45, 2.75) is 6.04 Å². The number of hydrogen-bond donors (Lipinski definition) is 2. The normalized spacial score (nSPS) is 21.1. The Hall–Kier alpha value is -1.40. The van der Waals surface area contributed by atoms with Gasteiger partial charge in [-0.2, -0.15) is 0 Å². The number of nitrogens with one attached hydrogen (secondary N) is 2. The van der Waals surface area contributed by atoms with Gasteiger partial charge >= 0.3 is 0 Å². The molecule has 2 aliphatic rings. The molecule has 0 atom stereocenters. The lowest BCUT2D eigenvalue weighted by atomic mass is 10.2. The van der Waals surface area contributed by atoms with E-state index >= 15 is 0 Å². The van der Waals surface area contributed by atoms with Gasteiger partial charge in [0, 0.05) is 32.2 Å². The van der Waals surface area contributed by atoms with Gasteiger partial charge in [-0.05, 0) is 0 Å². The van der Waals surface area contributed by atoms with Gasteiger partial charge in [-0.25, -0.2) is 9.97 Å². The summed E-state index contributed by atoms with van der Waals surface area (Å²) in [5, 5.41) is 6.61. The van der Waals surface area contributed by atoms with Crippen molar-refractivity contribution in [3.63, 3.8) is 0 Å². The lowest BCUT2D eigenvalue weighted by molar-refractivity contribution is 0.122. The quantitative estimate of drug-likeness (QED) is 0.750. The van der Waals surface area contributed by atoms with E-state index in [1.165, 1.54) is 0 Å². The first-order chi connectivity index (χ1) is 8.42. The van der Waals surface area contributed by atoms with Crippen LogP contribution in [0.15, 0.2) is 12.4 Å². The average Bonchev–Trinajstić information content (AvgIpc) is 2.35. The van der Waals surface area contributed by atoms with Crippen LogP contribution >= 0.6 is 0 Å². The molecule has 0 unspecified atom stereocenters. The first-order valence-electron chi connectivity index (χ1n) is 6.04. The van der Waals surface area contributed by atoms with Crippen molar-refractivity contribution in [2.75, 3.05) is 49.6 Å². The molecule has 2 aliphatic heterocycles. The molecule has 3 rings (SSSR count). The van der Waals surface area contributed by atoms with Crippen LogP contribution in [-0.2, 0) is 4.74 Å². The molecule has 3 heterocycles. The molecule has 1 aromatic heterocycles. The molecule has 0 bridgehead atoms. The van der Waals surface area contributed by atoms with Crippen LogP contribution in [0.25, 0.3) is 0 Å². The van der Waals surface area contributed by atoms with E-state index in [1.807, 2.05) is 6.07 Å². The van der Waals surface area contributed by atoms with E-state index in [-0.39, 0.29) is 0 Å². The second kappa shape index (κ2) is 4.85. The van der Waals surface area contributed by atoms with Crippen LogP contribution in [0, 0.1) is 0 Å². The lowest BCUT2D eigenvalue weighted by Gasteiger charge is -2.30. The van der Waals surface area contributed by atoms with Gasteiger partial charge in [0.1, 0.15) is 18.0 Å². The van der Waals surface area contributed by atoms with E-state index in [0.717, 1.165) is 51.0 Å². The summed E-state index contributed by atoms with van der Waals surface area (Å²) in [5.41, 5.74) is 0. The molecule has 1 aromatic rings. The summed E-state index contributed by atoms with van der Waals surface area (Å²) in [7, 11) is 0. The largest absolute Gasteiger partial charge is 0.378 e. The molecule has 6 heteroatoms. The minimum atomic E-state index is 0.502. The van der Waals surface area contributed by atoms with E-state index in [1.54, 1.807) is 6.33 Å². The Labute approximate surface area is 100 Å². The molecule has 0 aliphatic carbocycles. The fourth-order valence-corrected chi connectivity index (χ4v) is 1.99. The fraction of sp³-hybridized carbons (Fsp3) is 0.636. The molecule has 0 amide bonds.